The number of carbonyl (C=O) groups is 3. The molecule has 2 rings (SSSR count). The Morgan fingerprint density at radius 3 is 2.62 bits per heavy atom. The van der Waals surface area contributed by atoms with Gasteiger partial charge in [-0.05, 0) is 0 Å². The number of Topliss-reactive ketones (excluding diaryl/α,β-unsaturated/α-hetero) is 1. The van der Waals surface area contributed by atoms with Crippen molar-refractivity contribution in [2.75, 3.05) is 13.1 Å². The fourth-order valence-corrected chi connectivity index (χ4v) is 1.64. The highest BCUT2D eigenvalue weighted by molar-refractivity contribution is 6.39. The third-order valence-electron chi connectivity index (χ3n) is 2.35. The van der Waals surface area contributed by atoms with Crippen LogP contribution in [0.2, 0.25) is 0 Å². The monoisotopic (exact) mass is 184 g/mol. The molecule has 1 N–H and O–H groups in total. The summed E-state index contributed by atoms with van der Waals surface area (Å²) >= 11 is 0. The summed E-state index contributed by atoms with van der Waals surface area (Å²) in [6.45, 7) is 0.311. The summed E-state index contributed by atoms with van der Waals surface area (Å²) in [4.78, 5) is 34.5. The Labute approximate surface area is 73.7 Å². The zero-order valence-electron chi connectivity index (χ0n) is 6.77. The molecule has 13 heavy (non-hydrogen) atoms. The molecule has 1 unspecified atom stereocenters. The second kappa shape index (κ2) is 2.53. The van der Waals surface area contributed by atoms with E-state index in [9.17, 15) is 14.4 Å². The van der Waals surface area contributed by atoms with E-state index >= 15 is 0 Å². The minimum absolute atomic E-state index is 0.0777. The van der Waals surface area contributed by atoms with Gasteiger partial charge in [-0.3, -0.25) is 19.6 Å². The summed E-state index contributed by atoms with van der Waals surface area (Å²) in [5.41, 5.74) is 0. The van der Waals surface area contributed by atoms with Crippen molar-refractivity contribution in [2.45, 2.75) is 12.5 Å². The van der Waals surface area contributed by atoms with Gasteiger partial charge in [0.25, 0.3) is 11.8 Å². The van der Waals surface area contributed by atoms with Crippen molar-refractivity contribution in [3.05, 3.63) is 0 Å². The van der Waals surface area contributed by atoms with Gasteiger partial charge in [0.2, 0.25) is 5.78 Å². The predicted molar refractivity (Wildman–Crippen MR) is 38.6 cm³/mol. The summed E-state index contributed by atoms with van der Waals surface area (Å²) < 4.78 is 0. The highest BCUT2D eigenvalue weighted by Crippen LogP contribution is 2.20. The lowest BCUT2D eigenvalue weighted by molar-refractivity contribution is -0.180. The maximum absolute atomic E-state index is 11.2. The highest BCUT2D eigenvalue weighted by Gasteiger charge is 2.46. The van der Waals surface area contributed by atoms with E-state index in [-0.39, 0.29) is 19.5 Å². The lowest BCUT2D eigenvalue weighted by atomic mass is 10.1. The van der Waals surface area contributed by atoms with Crippen LogP contribution in [0, 0.1) is 0 Å². The Hall–Kier alpha value is -1.43. The first-order valence-corrected chi connectivity index (χ1v) is 3.95. The number of hydroxylamine groups is 2. The van der Waals surface area contributed by atoms with Crippen molar-refractivity contribution < 1.29 is 19.6 Å². The van der Waals surface area contributed by atoms with E-state index in [4.69, 9.17) is 5.21 Å². The molecule has 2 aliphatic rings. The number of piperazine rings is 1. The van der Waals surface area contributed by atoms with Gasteiger partial charge in [-0.15, -0.1) is 0 Å². The Kier molecular flexibility index (Phi) is 1.59. The molecular weight excluding hydrogens is 176 g/mol. The van der Waals surface area contributed by atoms with Crippen molar-refractivity contribution in [3.63, 3.8) is 0 Å². The molecule has 6 nitrogen and oxygen atoms in total. The van der Waals surface area contributed by atoms with Gasteiger partial charge in [0.05, 0.1) is 6.54 Å². The van der Waals surface area contributed by atoms with Gasteiger partial charge in [0, 0.05) is 13.0 Å². The number of ketones is 1. The standard InChI is InChI=1S/C7H8N2O4/c10-5-3-4-6(11)9(13)2-1-8(4)7(5)12/h4,13H,1-3H2. The van der Waals surface area contributed by atoms with Gasteiger partial charge in [0.1, 0.15) is 6.04 Å². The molecule has 0 saturated carbocycles. The van der Waals surface area contributed by atoms with Crippen LogP contribution in [-0.2, 0) is 14.4 Å². The summed E-state index contributed by atoms with van der Waals surface area (Å²) in [6, 6.07) is -0.765. The minimum Gasteiger partial charge on any atom is -0.322 e. The fraction of sp³-hybridized carbons (Fsp3) is 0.571. The summed E-state index contributed by atoms with van der Waals surface area (Å²) in [5, 5.41) is 9.59. The number of fused-ring (bicyclic) bond motifs is 1. The van der Waals surface area contributed by atoms with E-state index in [1.807, 2.05) is 0 Å². The van der Waals surface area contributed by atoms with Crippen LogP contribution in [0.1, 0.15) is 6.42 Å². The van der Waals surface area contributed by atoms with Crippen LogP contribution in [0.4, 0.5) is 0 Å². The zero-order chi connectivity index (χ0) is 9.59. The minimum atomic E-state index is -0.765. The number of amides is 2. The third kappa shape index (κ3) is 1.02. The van der Waals surface area contributed by atoms with Crippen LogP contribution in [0.25, 0.3) is 0 Å². The Balaban J connectivity index is 2.27. The number of rotatable bonds is 0. The van der Waals surface area contributed by atoms with Crippen LogP contribution in [-0.4, -0.2) is 51.9 Å². The number of hydrogen-bond donors (Lipinski definition) is 1. The molecule has 2 fully saturated rings. The summed E-state index contributed by atoms with van der Waals surface area (Å²) in [6.07, 6.45) is -0.102. The quantitative estimate of drug-likeness (QED) is 0.363. The first-order chi connectivity index (χ1) is 6.11. The van der Waals surface area contributed by atoms with Gasteiger partial charge in [-0.2, -0.15) is 0 Å². The average Bonchev–Trinajstić information content (AvgIpc) is 2.38. The first kappa shape index (κ1) is 8.18. The molecule has 0 aromatic heterocycles. The topological polar surface area (TPSA) is 77.9 Å². The first-order valence-electron chi connectivity index (χ1n) is 3.95. The maximum Gasteiger partial charge on any atom is 0.290 e. The van der Waals surface area contributed by atoms with Crippen LogP contribution < -0.4 is 0 Å². The molecule has 0 spiro atoms. The lowest BCUT2D eigenvalue weighted by Crippen LogP contribution is -2.54. The molecule has 2 saturated heterocycles. The molecule has 2 aliphatic heterocycles. The lowest BCUT2D eigenvalue weighted by Gasteiger charge is -2.32. The normalized spacial score (nSPS) is 28.4. The molecule has 0 bridgehead atoms. The van der Waals surface area contributed by atoms with E-state index < -0.39 is 23.6 Å². The molecular formula is C7H8N2O4. The fourth-order valence-electron chi connectivity index (χ4n) is 1.64. The highest BCUT2D eigenvalue weighted by atomic mass is 16.5. The Bertz CT molecular complexity index is 301. The molecule has 1 atom stereocenters. The van der Waals surface area contributed by atoms with Crippen molar-refractivity contribution in [3.8, 4) is 0 Å². The van der Waals surface area contributed by atoms with Gasteiger partial charge in [-0.25, -0.2) is 5.06 Å². The maximum atomic E-state index is 11.2. The second-order valence-electron chi connectivity index (χ2n) is 3.10. The summed E-state index contributed by atoms with van der Waals surface area (Å²) in [7, 11) is 0. The number of carbonyl (C=O) groups excluding carboxylic acids is 3. The van der Waals surface area contributed by atoms with Crippen LogP contribution in [0.3, 0.4) is 0 Å². The van der Waals surface area contributed by atoms with E-state index in [0.717, 1.165) is 0 Å². The average molecular weight is 184 g/mol. The van der Waals surface area contributed by atoms with Crippen LogP contribution in [0.5, 0.6) is 0 Å². The van der Waals surface area contributed by atoms with Crippen molar-refractivity contribution >= 4 is 17.6 Å². The predicted octanol–water partition coefficient (Wildman–Crippen LogP) is -1.61. The SMILES string of the molecule is O=C1CC2C(=O)N(O)CCN2C1=O. The molecule has 2 heterocycles. The largest absolute Gasteiger partial charge is 0.322 e. The molecule has 6 heteroatoms. The Morgan fingerprint density at radius 2 is 1.92 bits per heavy atom. The van der Waals surface area contributed by atoms with Crippen LogP contribution in [0.15, 0.2) is 0 Å². The molecule has 0 aliphatic carbocycles. The van der Waals surface area contributed by atoms with Gasteiger partial charge in [0.15, 0.2) is 0 Å². The van der Waals surface area contributed by atoms with E-state index in [1.165, 1.54) is 4.90 Å². The molecule has 0 aromatic rings. The smallest absolute Gasteiger partial charge is 0.290 e. The van der Waals surface area contributed by atoms with E-state index in [0.29, 0.717) is 5.06 Å². The van der Waals surface area contributed by atoms with Gasteiger partial charge >= 0.3 is 0 Å². The molecule has 2 amide bonds. The van der Waals surface area contributed by atoms with Crippen molar-refractivity contribution in [2.24, 2.45) is 0 Å². The van der Waals surface area contributed by atoms with Crippen LogP contribution >= 0.6 is 0 Å². The summed E-state index contributed by atoms with van der Waals surface area (Å²) in [5.74, 6) is -1.72. The van der Waals surface area contributed by atoms with Crippen molar-refractivity contribution in [1.82, 2.24) is 9.96 Å². The number of nitrogens with zero attached hydrogens (tertiary/aromatic N) is 2. The molecule has 0 aromatic carbocycles. The molecule has 0 radical (unpaired) electrons. The molecule has 70 valence electrons. The van der Waals surface area contributed by atoms with Crippen molar-refractivity contribution in [1.29, 1.82) is 0 Å². The third-order valence-corrected chi connectivity index (χ3v) is 2.35. The zero-order valence-corrected chi connectivity index (χ0v) is 6.77. The Morgan fingerprint density at radius 1 is 1.23 bits per heavy atom. The second-order valence-corrected chi connectivity index (χ2v) is 3.10. The number of hydrogen-bond acceptors (Lipinski definition) is 4. The van der Waals surface area contributed by atoms with Gasteiger partial charge in [-0.1, -0.05) is 0 Å². The van der Waals surface area contributed by atoms with Gasteiger partial charge < -0.3 is 4.90 Å². The van der Waals surface area contributed by atoms with E-state index in [1.54, 1.807) is 0 Å². The van der Waals surface area contributed by atoms with E-state index in [2.05, 4.69) is 0 Å².